The molecule has 0 N–H and O–H groups in total. The lowest BCUT2D eigenvalue weighted by molar-refractivity contribution is -0.168. The smallest absolute Gasteiger partial charge is 0.310 e. The lowest BCUT2D eigenvalue weighted by atomic mass is 10.0. The first-order valence-electron chi connectivity index (χ1n) is 10.1. The minimum Gasteiger partial charge on any atom is -0.431 e. The van der Waals surface area contributed by atoms with Crippen LogP contribution in [0.15, 0.2) is 70.9 Å². The fourth-order valence-corrected chi connectivity index (χ4v) is 2.59. The van der Waals surface area contributed by atoms with E-state index in [4.69, 9.17) is 9.47 Å². The molecule has 0 heterocycles. The Bertz CT molecular complexity index is 807. The van der Waals surface area contributed by atoms with Gasteiger partial charge in [-0.3, -0.25) is 9.59 Å². The van der Waals surface area contributed by atoms with Gasteiger partial charge in [-0.05, 0) is 0 Å². The summed E-state index contributed by atoms with van der Waals surface area (Å²) in [6, 6.07) is 18.3. The normalized spacial score (nSPS) is 15.6. The van der Waals surface area contributed by atoms with Crippen LogP contribution in [0.25, 0.3) is 0 Å². The van der Waals surface area contributed by atoms with Crippen molar-refractivity contribution in [2.75, 3.05) is 0 Å². The number of esters is 2. The number of hydrogen-bond acceptors (Lipinski definition) is 6. The van der Waals surface area contributed by atoms with E-state index < -0.39 is 23.4 Å². The SMILES string of the molecule is CC(C)C(=O)OC(C)(/N=N/C(C)(OC(=O)C(C)C)c1ccccc1)c1ccccc1. The summed E-state index contributed by atoms with van der Waals surface area (Å²) in [4.78, 5) is 24.8. The number of azo groups is 1. The van der Waals surface area contributed by atoms with Gasteiger partial charge in [-0.15, -0.1) is 10.2 Å². The zero-order valence-corrected chi connectivity index (χ0v) is 18.5. The van der Waals surface area contributed by atoms with Gasteiger partial charge in [-0.2, -0.15) is 0 Å². The number of ether oxygens (including phenoxy) is 2. The third-order valence-electron chi connectivity index (χ3n) is 4.59. The van der Waals surface area contributed by atoms with Crippen molar-refractivity contribution in [3.63, 3.8) is 0 Å². The molecule has 0 aliphatic rings. The minimum absolute atomic E-state index is 0.331. The summed E-state index contributed by atoms with van der Waals surface area (Å²) in [7, 11) is 0. The van der Waals surface area contributed by atoms with Crippen molar-refractivity contribution in [2.24, 2.45) is 22.1 Å². The average Bonchev–Trinajstić information content (AvgIpc) is 2.73. The van der Waals surface area contributed by atoms with Crippen LogP contribution in [0.1, 0.15) is 52.7 Å². The number of hydrogen-bond donors (Lipinski definition) is 0. The van der Waals surface area contributed by atoms with E-state index in [1.54, 1.807) is 41.5 Å². The van der Waals surface area contributed by atoms with E-state index in [1.165, 1.54) is 0 Å². The van der Waals surface area contributed by atoms with Crippen molar-refractivity contribution in [3.05, 3.63) is 71.8 Å². The molecule has 2 unspecified atom stereocenters. The standard InChI is InChI=1S/C24H30N2O4/c1-17(2)21(27)29-23(5,19-13-9-7-10-14-19)25-26-24(6,30-22(28)18(3)4)20-15-11-8-12-16-20/h7-18H,1-6H3/b26-25+. The molecule has 0 bridgehead atoms. The van der Waals surface area contributed by atoms with Crippen LogP contribution < -0.4 is 0 Å². The molecule has 0 aromatic heterocycles. The van der Waals surface area contributed by atoms with Crippen LogP contribution in [0.3, 0.4) is 0 Å². The van der Waals surface area contributed by atoms with E-state index in [9.17, 15) is 9.59 Å². The Hall–Kier alpha value is -3.02. The van der Waals surface area contributed by atoms with Gasteiger partial charge in [0.05, 0.1) is 11.8 Å². The molecule has 0 aliphatic heterocycles. The van der Waals surface area contributed by atoms with E-state index >= 15 is 0 Å². The van der Waals surface area contributed by atoms with Gasteiger partial charge < -0.3 is 9.47 Å². The van der Waals surface area contributed by atoms with E-state index in [0.717, 1.165) is 0 Å². The Morgan fingerprint density at radius 1 is 0.667 bits per heavy atom. The van der Waals surface area contributed by atoms with Gasteiger partial charge in [0, 0.05) is 25.0 Å². The molecular weight excluding hydrogens is 380 g/mol. The highest BCUT2D eigenvalue weighted by molar-refractivity contribution is 5.72. The number of benzene rings is 2. The lowest BCUT2D eigenvalue weighted by Crippen LogP contribution is -2.32. The molecule has 0 saturated heterocycles. The molecule has 30 heavy (non-hydrogen) atoms. The van der Waals surface area contributed by atoms with Gasteiger partial charge in [-0.25, -0.2) is 0 Å². The van der Waals surface area contributed by atoms with E-state index in [-0.39, 0.29) is 11.8 Å². The molecule has 0 fully saturated rings. The Balaban J connectivity index is 2.51. The summed E-state index contributed by atoms with van der Waals surface area (Å²) >= 11 is 0. The second-order valence-electron chi connectivity index (χ2n) is 8.05. The van der Waals surface area contributed by atoms with Gasteiger partial charge in [0.25, 0.3) is 0 Å². The molecule has 0 spiro atoms. The predicted molar refractivity (Wildman–Crippen MR) is 114 cm³/mol. The van der Waals surface area contributed by atoms with E-state index in [1.807, 2.05) is 60.7 Å². The second kappa shape index (κ2) is 9.65. The summed E-state index contributed by atoms with van der Waals surface area (Å²) in [5.74, 6) is -1.47. The van der Waals surface area contributed by atoms with Crippen LogP contribution in [-0.4, -0.2) is 11.9 Å². The first kappa shape index (κ1) is 23.3. The third-order valence-corrected chi connectivity index (χ3v) is 4.59. The Morgan fingerprint density at radius 2 is 0.967 bits per heavy atom. The zero-order chi connectivity index (χ0) is 22.4. The number of carbonyl (C=O) groups is 2. The lowest BCUT2D eigenvalue weighted by Gasteiger charge is -2.29. The molecule has 2 aromatic carbocycles. The molecule has 2 aromatic rings. The average molecular weight is 411 g/mol. The first-order chi connectivity index (χ1) is 14.1. The van der Waals surface area contributed by atoms with Gasteiger partial charge >= 0.3 is 11.9 Å². The molecule has 0 radical (unpaired) electrons. The molecule has 6 nitrogen and oxygen atoms in total. The maximum absolute atomic E-state index is 12.4. The van der Waals surface area contributed by atoms with E-state index in [0.29, 0.717) is 11.1 Å². The number of rotatable bonds is 8. The van der Waals surface area contributed by atoms with Crippen molar-refractivity contribution < 1.29 is 19.1 Å². The largest absolute Gasteiger partial charge is 0.431 e. The fraction of sp³-hybridized carbons (Fsp3) is 0.417. The highest BCUT2D eigenvalue weighted by atomic mass is 16.6. The maximum atomic E-state index is 12.4. The summed E-state index contributed by atoms with van der Waals surface area (Å²) in [6.07, 6.45) is 0. The Kier molecular flexibility index (Phi) is 7.48. The third kappa shape index (κ3) is 5.75. The highest BCUT2D eigenvalue weighted by Gasteiger charge is 2.37. The van der Waals surface area contributed by atoms with Crippen LogP contribution in [0.5, 0.6) is 0 Å². The maximum Gasteiger partial charge on any atom is 0.310 e. The van der Waals surface area contributed by atoms with Gasteiger partial charge in [0.2, 0.25) is 11.4 Å². The summed E-state index contributed by atoms with van der Waals surface area (Å²) in [6.45, 7) is 10.4. The molecular formula is C24H30N2O4. The first-order valence-corrected chi connectivity index (χ1v) is 10.1. The zero-order valence-electron chi connectivity index (χ0n) is 18.5. The molecule has 0 aliphatic carbocycles. The quantitative estimate of drug-likeness (QED) is 0.420. The molecule has 0 saturated carbocycles. The molecule has 2 atom stereocenters. The van der Waals surface area contributed by atoms with Crippen molar-refractivity contribution in [1.29, 1.82) is 0 Å². The van der Waals surface area contributed by atoms with Crippen LogP contribution in [0.4, 0.5) is 0 Å². The van der Waals surface area contributed by atoms with Crippen molar-refractivity contribution in [2.45, 2.75) is 53.0 Å². The Labute approximate surface area is 178 Å². The van der Waals surface area contributed by atoms with Crippen LogP contribution in [0.2, 0.25) is 0 Å². The van der Waals surface area contributed by atoms with Crippen molar-refractivity contribution in [3.8, 4) is 0 Å². The van der Waals surface area contributed by atoms with Gasteiger partial charge in [0.15, 0.2) is 0 Å². The summed E-state index contributed by atoms with van der Waals surface area (Å²) in [5, 5.41) is 8.83. The number of carbonyl (C=O) groups excluding carboxylic acids is 2. The number of nitrogens with zero attached hydrogens (tertiary/aromatic N) is 2. The second-order valence-corrected chi connectivity index (χ2v) is 8.05. The summed E-state index contributed by atoms with van der Waals surface area (Å²) in [5.41, 5.74) is -1.42. The predicted octanol–water partition coefficient (Wildman–Crippen LogP) is 5.58. The highest BCUT2D eigenvalue weighted by Crippen LogP contribution is 2.34. The molecule has 160 valence electrons. The van der Waals surface area contributed by atoms with E-state index in [2.05, 4.69) is 10.2 Å². The molecule has 0 amide bonds. The summed E-state index contributed by atoms with van der Waals surface area (Å²) < 4.78 is 11.5. The van der Waals surface area contributed by atoms with Gasteiger partial charge in [-0.1, -0.05) is 88.4 Å². The monoisotopic (exact) mass is 410 g/mol. The van der Waals surface area contributed by atoms with Crippen LogP contribution in [0, 0.1) is 11.8 Å². The fourth-order valence-electron chi connectivity index (χ4n) is 2.59. The molecule has 2 rings (SSSR count). The molecule has 6 heteroatoms. The topological polar surface area (TPSA) is 77.3 Å². The van der Waals surface area contributed by atoms with Crippen molar-refractivity contribution >= 4 is 11.9 Å². The van der Waals surface area contributed by atoms with Crippen LogP contribution in [-0.2, 0) is 30.5 Å². The Morgan fingerprint density at radius 3 is 1.23 bits per heavy atom. The van der Waals surface area contributed by atoms with Crippen molar-refractivity contribution in [1.82, 2.24) is 0 Å². The minimum atomic E-state index is -1.37. The van der Waals surface area contributed by atoms with Crippen LogP contribution >= 0.6 is 0 Å². The van der Waals surface area contributed by atoms with Gasteiger partial charge in [0.1, 0.15) is 0 Å².